The summed E-state index contributed by atoms with van der Waals surface area (Å²) in [5.74, 6) is 0. The molecule has 0 unspecified atom stereocenters. The van der Waals surface area contributed by atoms with Gasteiger partial charge in [-0.05, 0) is 57.3 Å². The molecule has 2 aliphatic rings. The van der Waals surface area contributed by atoms with Crippen LogP contribution in [0.3, 0.4) is 0 Å². The second kappa shape index (κ2) is 17.2. The normalized spacial score (nSPS) is 10.2. The molecule has 3 aromatic rings. The van der Waals surface area contributed by atoms with Gasteiger partial charge < -0.3 is 0 Å². The van der Waals surface area contributed by atoms with E-state index in [1.165, 1.54) is 57.3 Å². The first-order valence-corrected chi connectivity index (χ1v) is 13.1. The Morgan fingerprint density at radius 3 is 1.03 bits per heavy atom. The van der Waals surface area contributed by atoms with Gasteiger partial charge in [-0.25, -0.2) is 0 Å². The molecule has 0 N–H and O–H groups in total. The first-order valence-electron chi connectivity index (χ1n) is 13.1. The third-order valence-corrected chi connectivity index (χ3v) is 4.71. The van der Waals surface area contributed by atoms with Crippen LogP contribution in [0.2, 0.25) is 0 Å². The molecule has 5 rings (SSSR count). The molecule has 0 aromatic heterocycles. The summed E-state index contributed by atoms with van der Waals surface area (Å²) >= 11 is 0. The molecule has 0 radical (unpaired) electrons. The fraction of sp³-hybridized carbons (Fsp3) is 0.438. The van der Waals surface area contributed by atoms with Gasteiger partial charge in [0.25, 0.3) is 0 Å². The van der Waals surface area contributed by atoms with Crippen molar-refractivity contribution in [2.75, 3.05) is 0 Å². The van der Waals surface area contributed by atoms with E-state index in [2.05, 4.69) is 88.4 Å². The van der Waals surface area contributed by atoms with Crippen molar-refractivity contribution in [3.63, 3.8) is 0 Å². The Bertz CT molecular complexity index is 812. The monoisotopic (exact) mass is 432 g/mol. The fourth-order valence-corrected chi connectivity index (χ4v) is 3.85. The Morgan fingerprint density at radius 1 is 0.438 bits per heavy atom. The van der Waals surface area contributed by atoms with Gasteiger partial charge in [-0.2, -0.15) is 0 Å². The zero-order chi connectivity index (χ0) is 24.5. The van der Waals surface area contributed by atoms with Crippen LogP contribution in [-0.2, 0) is 12.8 Å². The van der Waals surface area contributed by atoms with Gasteiger partial charge in [0.1, 0.15) is 0 Å². The first-order chi connectivity index (χ1) is 15.7. The summed E-state index contributed by atoms with van der Waals surface area (Å²) < 4.78 is 0. The van der Waals surface area contributed by atoms with Gasteiger partial charge in [0.2, 0.25) is 0 Å². The van der Waals surface area contributed by atoms with Crippen molar-refractivity contribution in [2.45, 2.75) is 94.9 Å². The molecule has 0 heteroatoms. The number of hydrogen-bond donors (Lipinski definition) is 0. The predicted octanol–water partition coefficient (Wildman–Crippen LogP) is 10.7. The molecule has 0 saturated carbocycles. The Balaban J connectivity index is 0.000000694. The summed E-state index contributed by atoms with van der Waals surface area (Å²) in [5.41, 5.74) is 11.8. The highest BCUT2D eigenvalue weighted by atomic mass is 14.3. The molecule has 2 aliphatic carbocycles. The van der Waals surface area contributed by atoms with Gasteiger partial charge in [-0.1, -0.05) is 143 Å². The second-order valence-electron chi connectivity index (χ2n) is 7.22. The van der Waals surface area contributed by atoms with E-state index < -0.39 is 0 Å². The minimum Gasteiger partial charge on any atom is -0.0683 e. The SMILES string of the molecule is CC.CC.CC.CCC.CCC.c1ccc2c(c1)Cc1ccc3c(c1-2)-c1ccccc1C3. The van der Waals surface area contributed by atoms with Crippen LogP contribution < -0.4 is 0 Å². The third kappa shape index (κ3) is 7.09. The predicted molar refractivity (Wildman–Crippen MR) is 149 cm³/mol. The molecule has 3 aromatic carbocycles. The second-order valence-corrected chi connectivity index (χ2v) is 7.22. The fourth-order valence-electron chi connectivity index (χ4n) is 3.85. The van der Waals surface area contributed by atoms with Crippen molar-refractivity contribution in [3.05, 3.63) is 82.9 Å². The van der Waals surface area contributed by atoms with E-state index in [0.29, 0.717) is 0 Å². The molecular weight excluding hydrogens is 384 g/mol. The molecule has 32 heavy (non-hydrogen) atoms. The van der Waals surface area contributed by atoms with Gasteiger partial charge in [0, 0.05) is 0 Å². The van der Waals surface area contributed by atoms with Crippen molar-refractivity contribution in [1.29, 1.82) is 0 Å². The number of benzene rings is 3. The zero-order valence-electron chi connectivity index (χ0n) is 22.6. The van der Waals surface area contributed by atoms with E-state index in [0.717, 1.165) is 12.8 Å². The van der Waals surface area contributed by atoms with Crippen LogP contribution >= 0.6 is 0 Å². The van der Waals surface area contributed by atoms with Crippen LogP contribution in [-0.4, -0.2) is 0 Å². The van der Waals surface area contributed by atoms with E-state index in [4.69, 9.17) is 0 Å². The largest absolute Gasteiger partial charge is 0.0683 e. The summed E-state index contributed by atoms with van der Waals surface area (Å²) in [7, 11) is 0. The van der Waals surface area contributed by atoms with Crippen molar-refractivity contribution in [1.82, 2.24) is 0 Å². The third-order valence-electron chi connectivity index (χ3n) is 4.71. The Kier molecular flexibility index (Phi) is 16.0. The molecule has 0 spiro atoms. The van der Waals surface area contributed by atoms with Gasteiger partial charge in [-0.15, -0.1) is 0 Å². The lowest BCUT2D eigenvalue weighted by molar-refractivity contribution is 1.09. The molecule has 0 fully saturated rings. The maximum Gasteiger partial charge on any atom is -0.00132 e. The summed E-state index contributed by atoms with van der Waals surface area (Å²) in [5, 5.41) is 0. The number of fused-ring (bicyclic) bond motifs is 7. The van der Waals surface area contributed by atoms with Crippen LogP contribution in [0.5, 0.6) is 0 Å². The smallest absolute Gasteiger partial charge is 0.00132 e. The van der Waals surface area contributed by atoms with E-state index >= 15 is 0 Å². The highest BCUT2D eigenvalue weighted by Gasteiger charge is 2.27. The summed E-state index contributed by atoms with van der Waals surface area (Å²) in [4.78, 5) is 0. The van der Waals surface area contributed by atoms with Crippen LogP contribution in [0.4, 0.5) is 0 Å². The van der Waals surface area contributed by atoms with Crippen LogP contribution in [0.15, 0.2) is 60.7 Å². The topological polar surface area (TPSA) is 0 Å². The van der Waals surface area contributed by atoms with Gasteiger partial charge >= 0.3 is 0 Å². The summed E-state index contributed by atoms with van der Waals surface area (Å²) in [6.45, 7) is 20.5. The first kappa shape index (κ1) is 29.7. The van der Waals surface area contributed by atoms with Gasteiger partial charge in [0.15, 0.2) is 0 Å². The standard InChI is InChI=1S/C20H14.2C3H8.3C2H6/c1-3-7-17-13(5-1)11-15-9-10-16-12-14-6-2-4-8-18(14)20(16)19(15)17;2*1-3-2;3*1-2/h1-10H,11-12H2;2*3H2,1-2H3;3*1-2H3. The maximum atomic E-state index is 2.33. The molecule has 0 bridgehead atoms. The van der Waals surface area contributed by atoms with E-state index in [9.17, 15) is 0 Å². The minimum absolute atomic E-state index is 1.08. The Hall–Kier alpha value is -2.34. The zero-order valence-corrected chi connectivity index (χ0v) is 22.6. The maximum absolute atomic E-state index is 2.33. The molecule has 0 aliphatic heterocycles. The highest BCUT2D eigenvalue weighted by molar-refractivity contribution is 5.95. The molecule has 0 saturated heterocycles. The average molecular weight is 433 g/mol. The molecule has 0 amide bonds. The molecule has 0 atom stereocenters. The van der Waals surface area contributed by atoms with Crippen molar-refractivity contribution >= 4 is 0 Å². The van der Waals surface area contributed by atoms with Crippen molar-refractivity contribution < 1.29 is 0 Å². The minimum atomic E-state index is 1.08. The lowest BCUT2D eigenvalue weighted by Crippen LogP contribution is -1.86. The highest BCUT2D eigenvalue weighted by Crippen LogP contribution is 2.48. The number of hydrogen-bond acceptors (Lipinski definition) is 0. The Morgan fingerprint density at radius 2 is 0.719 bits per heavy atom. The molecule has 0 nitrogen and oxygen atoms in total. The summed E-state index contributed by atoms with van der Waals surface area (Å²) in [6.07, 6.45) is 4.67. The summed E-state index contributed by atoms with van der Waals surface area (Å²) in [6, 6.07) is 22.4. The van der Waals surface area contributed by atoms with E-state index in [-0.39, 0.29) is 0 Å². The molecule has 176 valence electrons. The van der Waals surface area contributed by atoms with Gasteiger partial charge in [0.05, 0.1) is 0 Å². The van der Waals surface area contributed by atoms with Crippen molar-refractivity contribution in [3.8, 4) is 22.3 Å². The lowest BCUT2D eigenvalue weighted by atomic mass is 9.94. The van der Waals surface area contributed by atoms with Crippen LogP contribution in [0.1, 0.15) is 104 Å². The molecule has 0 heterocycles. The average Bonchev–Trinajstić information content (AvgIpc) is 3.42. The van der Waals surface area contributed by atoms with E-state index in [1.807, 2.05) is 41.5 Å². The lowest BCUT2D eigenvalue weighted by Gasteiger charge is -2.10. The Labute approximate surface area is 200 Å². The molecular formula is C32H48. The van der Waals surface area contributed by atoms with E-state index in [1.54, 1.807) is 0 Å². The van der Waals surface area contributed by atoms with Crippen LogP contribution in [0, 0.1) is 0 Å². The van der Waals surface area contributed by atoms with Crippen LogP contribution in [0.25, 0.3) is 22.3 Å². The van der Waals surface area contributed by atoms with Gasteiger partial charge in [-0.3, -0.25) is 0 Å². The number of rotatable bonds is 0. The quantitative estimate of drug-likeness (QED) is 0.228. The van der Waals surface area contributed by atoms with Crippen molar-refractivity contribution in [2.24, 2.45) is 0 Å².